The monoisotopic (exact) mass is 262 g/mol. The number of carboxylic acid groups (broad SMARTS) is 1. The topological polar surface area (TPSA) is 62.2 Å². The minimum Gasteiger partial charge on any atom is -0.478 e. The summed E-state index contributed by atoms with van der Waals surface area (Å²) in [6.07, 6.45) is 5.58. The minimum atomic E-state index is -0.891. The highest BCUT2D eigenvalue weighted by Crippen LogP contribution is 2.34. The molecule has 0 aromatic carbocycles. The van der Waals surface area contributed by atoms with Crippen LogP contribution in [0.1, 0.15) is 55.6 Å². The Morgan fingerprint density at radius 3 is 2.84 bits per heavy atom. The predicted octanol–water partition coefficient (Wildman–Crippen LogP) is 3.33. The molecule has 19 heavy (non-hydrogen) atoms. The molecule has 0 spiro atoms. The number of aryl methyl sites for hydroxylation is 1. The van der Waals surface area contributed by atoms with Crippen molar-refractivity contribution in [3.8, 4) is 0 Å². The van der Waals surface area contributed by atoms with E-state index in [1.807, 2.05) is 0 Å². The average molecular weight is 262 g/mol. The summed E-state index contributed by atoms with van der Waals surface area (Å²) in [6.45, 7) is 4.20. The van der Waals surface area contributed by atoms with Gasteiger partial charge in [0.1, 0.15) is 5.82 Å². The fourth-order valence-corrected chi connectivity index (χ4v) is 2.33. The van der Waals surface area contributed by atoms with Gasteiger partial charge in [-0.05, 0) is 37.8 Å². The smallest absolute Gasteiger partial charge is 0.335 e. The number of anilines is 1. The third-order valence-electron chi connectivity index (χ3n) is 3.41. The highest BCUT2D eigenvalue weighted by molar-refractivity contribution is 5.88. The van der Waals surface area contributed by atoms with E-state index in [2.05, 4.69) is 24.1 Å². The lowest BCUT2D eigenvalue weighted by atomic mass is 10.1. The fraction of sp³-hybridized carbons (Fsp3) is 0.600. The maximum atomic E-state index is 11.1. The summed E-state index contributed by atoms with van der Waals surface area (Å²) in [5.41, 5.74) is 1.17. The number of carboxylic acids is 1. The summed E-state index contributed by atoms with van der Waals surface area (Å²) < 4.78 is 0. The highest BCUT2D eigenvalue weighted by atomic mass is 16.4. The molecule has 1 unspecified atom stereocenters. The number of hydrogen-bond donors (Lipinski definition) is 2. The second-order valence-corrected chi connectivity index (χ2v) is 5.51. The lowest BCUT2D eigenvalue weighted by Gasteiger charge is -2.15. The quantitative estimate of drug-likeness (QED) is 0.791. The molecule has 1 atom stereocenters. The number of aromatic carboxylic acids is 1. The fourth-order valence-electron chi connectivity index (χ4n) is 2.33. The molecular weight excluding hydrogens is 240 g/mol. The molecule has 104 valence electrons. The number of rotatable bonds is 7. The summed E-state index contributed by atoms with van der Waals surface area (Å²) in [5.74, 6) is 0.648. The molecule has 1 heterocycles. The Morgan fingerprint density at radius 2 is 2.26 bits per heavy atom. The normalized spacial score (nSPS) is 16.1. The second kappa shape index (κ2) is 6.04. The van der Waals surface area contributed by atoms with Gasteiger partial charge in [0.2, 0.25) is 0 Å². The van der Waals surface area contributed by atoms with Gasteiger partial charge in [-0.25, -0.2) is 9.78 Å². The minimum absolute atomic E-state index is 0.319. The largest absolute Gasteiger partial charge is 0.478 e. The van der Waals surface area contributed by atoms with Crippen molar-refractivity contribution in [1.82, 2.24) is 4.98 Å². The van der Waals surface area contributed by atoms with Gasteiger partial charge in [-0.1, -0.05) is 26.2 Å². The van der Waals surface area contributed by atoms with E-state index < -0.39 is 5.97 Å². The summed E-state index contributed by atoms with van der Waals surface area (Å²) >= 11 is 0. The number of hydrogen-bond acceptors (Lipinski definition) is 3. The molecule has 0 amide bonds. The molecule has 1 aliphatic carbocycles. The van der Waals surface area contributed by atoms with Gasteiger partial charge in [0.05, 0.1) is 5.56 Å². The zero-order valence-electron chi connectivity index (χ0n) is 11.6. The van der Waals surface area contributed by atoms with Gasteiger partial charge in [0.25, 0.3) is 0 Å². The van der Waals surface area contributed by atoms with Crippen LogP contribution in [0.4, 0.5) is 5.82 Å². The van der Waals surface area contributed by atoms with Crippen molar-refractivity contribution in [3.05, 3.63) is 23.4 Å². The van der Waals surface area contributed by atoms with Crippen LogP contribution < -0.4 is 5.32 Å². The molecule has 2 N–H and O–H groups in total. The SMILES string of the molecule is CCCc1cc(C(=O)O)cc(NC(C)CC2CC2)n1. The summed E-state index contributed by atoms with van der Waals surface area (Å²) in [4.78, 5) is 15.6. The number of nitrogens with zero attached hydrogens (tertiary/aromatic N) is 1. The van der Waals surface area contributed by atoms with Gasteiger partial charge < -0.3 is 10.4 Å². The zero-order valence-corrected chi connectivity index (χ0v) is 11.6. The molecule has 1 saturated carbocycles. The predicted molar refractivity (Wildman–Crippen MR) is 75.6 cm³/mol. The highest BCUT2D eigenvalue weighted by Gasteiger charge is 2.23. The summed E-state index contributed by atoms with van der Waals surface area (Å²) in [5, 5.41) is 12.5. The van der Waals surface area contributed by atoms with Crippen LogP contribution in [0.2, 0.25) is 0 Å². The van der Waals surface area contributed by atoms with Crippen molar-refractivity contribution in [2.24, 2.45) is 5.92 Å². The van der Waals surface area contributed by atoms with Gasteiger partial charge in [-0.2, -0.15) is 0 Å². The number of pyridine rings is 1. The van der Waals surface area contributed by atoms with Crippen LogP contribution in [0, 0.1) is 5.92 Å². The molecule has 0 aliphatic heterocycles. The Morgan fingerprint density at radius 1 is 1.53 bits per heavy atom. The standard InChI is InChI=1S/C15H22N2O2/c1-3-4-13-8-12(15(18)19)9-14(17-13)16-10(2)7-11-5-6-11/h8-11H,3-7H2,1-2H3,(H,16,17)(H,18,19). The van der Waals surface area contributed by atoms with Crippen LogP contribution in [0.25, 0.3) is 0 Å². The van der Waals surface area contributed by atoms with Gasteiger partial charge in [-0.3, -0.25) is 0 Å². The van der Waals surface area contributed by atoms with E-state index in [0.717, 1.165) is 30.9 Å². The van der Waals surface area contributed by atoms with Crippen molar-refractivity contribution in [3.63, 3.8) is 0 Å². The van der Waals surface area contributed by atoms with Crippen molar-refractivity contribution < 1.29 is 9.90 Å². The Balaban J connectivity index is 2.10. The molecule has 0 radical (unpaired) electrons. The van der Waals surface area contributed by atoms with E-state index in [9.17, 15) is 4.79 Å². The van der Waals surface area contributed by atoms with Crippen molar-refractivity contribution in [2.75, 3.05) is 5.32 Å². The van der Waals surface area contributed by atoms with Crippen LogP contribution in [-0.2, 0) is 6.42 Å². The first-order chi connectivity index (χ1) is 9.08. The Hall–Kier alpha value is -1.58. The lowest BCUT2D eigenvalue weighted by Crippen LogP contribution is -2.17. The van der Waals surface area contributed by atoms with Gasteiger partial charge in [0, 0.05) is 11.7 Å². The summed E-state index contributed by atoms with van der Waals surface area (Å²) in [6, 6.07) is 3.64. The Kier molecular flexibility index (Phi) is 4.40. The zero-order chi connectivity index (χ0) is 13.8. The molecular formula is C15H22N2O2. The van der Waals surface area contributed by atoms with Gasteiger partial charge in [-0.15, -0.1) is 0 Å². The van der Waals surface area contributed by atoms with Gasteiger partial charge >= 0.3 is 5.97 Å². The van der Waals surface area contributed by atoms with Crippen molar-refractivity contribution in [1.29, 1.82) is 0 Å². The first-order valence-electron chi connectivity index (χ1n) is 7.09. The number of nitrogens with one attached hydrogen (secondary N) is 1. The molecule has 1 aromatic rings. The van der Waals surface area contributed by atoms with E-state index in [1.54, 1.807) is 12.1 Å². The van der Waals surface area contributed by atoms with Crippen LogP contribution in [-0.4, -0.2) is 22.1 Å². The van der Waals surface area contributed by atoms with Crippen LogP contribution in [0.15, 0.2) is 12.1 Å². The molecule has 0 bridgehead atoms. The van der Waals surface area contributed by atoms with Gasteiger partial charge in [0.15, 0.2) is 0 Å². The third kappa shape index (κ3) is 4.23. The second-order valence-electron chi connectivity index (χ2n) is 5.51. The molecule has 1 fully saturated rings. The summed E-state index contributed by atoms with van der Waals surface area (Å²) in [7, 11) is 0. The Labute approximate surface area is 114 Å². The Bertz CT molecular complexity index is 455. The lowest BCUT2D eigenvalue weighted by molar-refractivity contribution is 0.0696. The van der Waals surface area contributed by atoms with E-state index in [4.69, 9.17) is 5.11 Å². The third-order valence-corrected chi connectivity index (χ3v) is 3.41. The molecule has 4 nitrogen and oxygen atoms in total. The van der Waals surface area contributed by atoms with Crippen LogP contribution in [0.3, 0.4) is 0 Å². The molecule has 4 heteroatoms. The van der Waals surface area contributed by atoms with E-state index in [0.29, 0.717) is 17.4 Å². The molecule has 1 aromatic heterocycles. The first kappa shape index (κ1) is 13.8. The maximum Gasteiger partial charge on any atom is 0.335 e. The van der Waals surface area contributed by atoms with Crippen LogP contribution in [0.5, 0.6) is 0 Å². The van der Waals surface area contributed by atoms with E-state index in [1.165, 1.54) is 12.8 Å². The van der Waals surface area contributed by atoms with Crippen molar-refractivity contribution in [2.45, 2.75) is 52.0 Å². The number of carbonyl (C=O) groups is 1. The molecule has 0 saturated heterocycles. The van der Waals surface area contributed by atoms with E-state index >= 15 is 0 Å². The molecule has 1 aliphatic rings. The van der Waals surface area contributed by atoms with E-state index in [-0.39, 0.29) is 0 Å². The maximum absolute atomic E-state index is 11.1. The first-order valence-corrected chi connectivity index (χ1v) is 7.09. The van der Waals surface area contributed by atoms with Crippen LogP contribution >= 0.6 is 0 Å². The van der Waals surface area contributed by atoms with Crippen molar-refractivity contribution >= 4 is 11.8 Å². The average Bonchev–Trinajstić information content (AvgIpc) is 3.12. The number of aromatic nitrogens is 1. The molecule has 2 rings (SSSR count).